The number of nitrogens with zero attached hydrogens (tertiary/aromatic N) is 5. The van der Waals surface area contributed by atoms with E-state index in [4.69, 9.17) is 0 Å². The van der Waals surface area contributed by atoms with Gasteiger partial charge in [0.05, 0.1) is 0 Å². The van der Waals surface area contributed by atoms with E-state index in [-0.39, 0.29) is 28.4 Å². The van der Waals surface area contributed by atoms with Crippen LogP contribution in [0.1, 0.15) is 0 Å². The summed E-state index contributed by atoms with van der Waals surface area (Å²) in [5.74, 6) is 0. The van der Waals surface area contributed by atoms with Gasteiger partial charge in [0.25, 0.3) is 0 Å². The van der Waals surface area contributed by atoms with Gasteiger partial charge in [0.1, 0.15) is 0 Å². The Bertz CT molecular complexity index is 4520. The number of aromatic nitrogens is 1. The van der Waals surface area contributed by atoms with Gasteiger partial charge < -0.3 is 0 Å². The molecular formula is C72H47B2N5Se. The number of rotatable bonds is 8. The monoisotopic (exact) mass is 1080 g/mol. The van der Waals surface area contributed by atoms with Crippen LogP contribution in [0.5, 0.6) is 0 Å². The van der Waals surface area contributed by atoms with Crippen LogP contribution in [-0.4, -0.2) is 32.9 Å². The van der Waals surface area contributed by atoms with Gasteiger partial charge in [-0.1, -0.05) is 0 Å². The maximum atomic E-state index is 2.67. The molecule has 0 bridgehead atoms. The molecule has 1 aromatic heterocycles. The summed E-state index contributed by atoms with van der Waals surface area (Å²) >= 11 is -0.0873. The fourth-order valence-electron chi connectivity index (χ4n) is 13.8. The van der Waals surface area contributed by atoms with Crippen LogP contribution in [0.25, 0.3) is 27.5 Å². The summed E-state index contributed by atoms with van der Waals surface area (Å²) in [6.07, 6.45) is 0. The molecule has 0 saturated heterocycles. The fraction of sp³-hybridized carbons (Fsp3) is 0. The first-order chi connectivity index (χ1) is 39.7. The Morgan fingerprint density at radius 2 is 0.775 bits per heavy atom. The first kappa shape index (κ1) is 45.3. The molecule has 13 aromatic rings. The Hall–Kier alpha value is -9.71. The van der Waals surface area contributed by atoms with Crippen LogP contribution in [0.3, 0.4) is 0 Å². The van der Waals surface area contributed by atoms with Crippen molar-refractivity contribution in [2.45, 2.75) is 0 Å². The SMILES string of the molecule is c1ccc(N(c2ccccc2)c2cc3c4c(c2)N(c2ccccc2)c2ccccc2B4c2cc4c(cc2[Se]3)-n2c3ccccc3c3c(N(c5ccccc5)c5ccccc5)cc5c(c32)B4c2ccccc2N5c2ccccc2)cc1. The zero-order valence-electron chi connectivity index (χ0n) is 43.4. The molecule has 5 heterocycles. The Morgan fingerprint density at radius 3 is 1.34 bits per heavy atom. The molecule has 0 unspecified atom stereocenters. The van der Waals surface area contributed by atoms with E-state index in [0.29, 0.717) is 0 Å². The number of anilines is 12. The molecule has 12 aromatic carbocycles. The quantitative estimate of drug-likeness (QED) is 0.141. The molecule has 4 aliphatic heterocycles. The molecule has 0 saturated carbocycles. The van der Waals surface area contributed by atoms with Gasteiger partial charge >= 0.3 is 475 Å². The molecule has 0 spiro atoms. The zero-order valence-corrected chi connectivity index (χ0v) is 45.1. The minimum atomic E-state index is -0.0873. The Labute approximate surface area is 472 Å². The van der Waals surface area contributed by atoms with Crippen molar-refractivity contribution in [3.63, 3.8) is 0 Å². The molecule has 0 aliphatic carbocycles. The van der Waals surface area contributed by atoms with Gasteiger partial charge in [-0.25, -0.2) is 0 Å². The molecule has 0 fully saturated rings. The summed E-state index contributed by atoms with van der Waals surface area (Å²) < 4.78 is 5.48. The van der Waals surface area contributed by atoms with Crippen molar-refractivity contribution in [3.05, 3.63) is 285 Å². The Morgan fingerprint density at radius 1 is 0.312 bits per heavy atom. The Balaban J connectivity index is 0.979. The van der Waals surface area contributed by atoms with E-state index in [0.717, 1.165) is 45.5 Å². The van der Waals surface area contributed by atoms with Crippen molar-refractivity contribution in [1.82, 2.24) is 4.57 Å². The van der Waals surface area contributed by atoms with Gasteiger partial charge in [-0.15, -0.1) is 0 Å². The van der Waals surface area contributed by atoms with Gasteiger partial charge in [0.2, 0.25) is 0 Å². The summed E-state index contributed by atoms with van der Waals surface area (Å²) in [5, 5.41) is 2.49. The molecule has 0 N–H and O–H groups in total. The van der Waals surface area contributed by atoms with Crippen LogP contribution in [0.2, 0.25) is 0 Å². The second-order valence-electron chi connectivity index (χ2n) is 21.2. The van der Waals surface area contributed by atoms with Crippen molar-refractivity contribution in [2.24, 2.45) is 0 Å². The van der Waals surface area contributed by atoms with E-state index >= 15 is 0 Å². The van der Waals surface area contributed by atoms with Gasteiger partial charge in [0.15, 0.2) is 0 Å². The van der Waals surface area contributed by atoms with E-state index < -0.39 is 0 Å². The predicted octanol–water partition coefficient (Wildman–Crippen LogP) is 12.6. The molecule has 17 rings (SSSR count). The first-order valence-electron chi connectivity index (χ1n) is 27.6. The van der Waals surface area contributed by atoms with E-state index in [2.05, 4.69) is 309 Å². The van der Waals surface area contributed by atoms with E-state index in [1.165, 1.54) is 91.9 Å². The summed E-state index contributed by atoms with van der Waals surface area (Å²) in [6.45, 7) is -0.0601. The van der Waals surface area contributed by atoms with Crippen molar-refractivity contribution in [2.75, 3.05) is 19.6 Å². The van der Waals surface area contributed by atoms with Crippen LogP contribution < -0.4 is 61.3 Å². The van der Waals surface area contributed by atoms with Crippen molar-refractivity contribution < 1.29 is 0 Å². The molecule has 0 radical (unpaired) electrons. The molecular weight excluding hydrogens is 1040 g/mol. The van der Waals surface area contributed by atoms with E-state index in [1.807, 2.05) is 0 Å². The predicted molar refractivity (Wildman–Crippen MR) is 340 cm³/mol. The van der Waals surface area contributed by atoms with Crippen molar-refractivity contribution in [3.8, 4) is 5.69 Å². The molecule has 5 nitrogen and oxygen atoms in total. The second-order valence-corrected chi connectivity index (χ2v) is 23.4. The Kier molecular flexibility index (Phi) is 10.2. The van der Waals surface area contributed by atoms with Crippen molar-refractivity contribution >= 4 is 160 Å². The van der Waals surface area contributed by atoms with E-state index in [9.17, 15) is 0 Å². The minimum absolute atomic E-state index is 0.00217. The summed E-state index contributed by atoms with van der Waals surface area (Å²) in [5.41, 5.74) is 25.8. The second kappa shape index (κ2) is 17.9. The number of hydrogen-bond acceptors (Lipinski definition) is 4. The van der Waals surface area contributed by atoms with Gasteiger partial charge in [-0.3, -0.25) is 0 Å². The van der Waals surface area contributed by atoms with Gasteiger partial charge in [-0.05, 0) is 0 Å². The van der Waals surface area contributed by atoms with Crippen molar-refractivity contribution in [1.29, 1.82) is 0 Å². The third-order valence-corrected chi connectivity index (χ3v) is 19.3. The van der Waals surface area contributed by atoms with Crippen LogP contribution in [0.4, 0.5) is 68.2 Å². The summed E-state index contributed by atoms with van der Waals surface area (Å²) in [4.78, 5) is 10.00. The molecule has 4 aliphatic rings. The molecule has 0 amide bonds. The number of benzene rings is 12. The van der Waals surface area contributed by atoms with Crippen LogP contribution >= 0.6 is 0 Å². The van der Waals surface area contributed by atoms with Gasteiger partial charge in [0, 0.05) is 0 Å². The average Bonchev–Trinajstić information content (AvgIpc) is 3.87. The zero-order chi connectivity index (χ0) is 52.4. The molecule has 372 valence electrons. The fourth-order valence-corrected chi connectivity index (χ4v) is 16.3. The summed E-state index contributed by atoms with van der Waals surface area (Å²) in [7, 11) is 0. The topological polar surface area (TPSA) is 17.9 Å². The summed E-state index contributed by atoms with van der Waals surface area (Å²) in [6, 6.07) is 106. The number of fused-ring (bicyclic) bond motifs is 12. The van der Waals surface area contributed by atoms with E-state index in [1.54, 1.807) is 0 Å². The van der Waals surface area contributed by atoms with Crippen LogP contribution in [0, 0.1) is 0 Å². The van der Waals surface area contributed by atoms with Crippen LogP contribution in [-0.2, 0) is 0 Å². The normalized spacial score (nSPS) is 13.1. The first-order valence-corrected chi connectivity index (χ1v) is 29.3. The van der Waals surface area contributed by atoms with Crippen LogP contribution in [0.15, 0.2) is 285 Å². The molecule has 0 atom stereocenters. The number of para-hydroxylation sites is 9. The third kappa shape index (κ3) is 6.67. The maximum absolute atomic E-state index is 2.67. The third-order valence-electron chi connectivity index (χ3n) is 16.9. The average molecular weight is 1080 g/mol. The molecule has 8 heteroatoms. The number of hydrogen-bond donors (Lipinski definition) is 0. The molecule has 80 heavy (non-hydrogen) atoms. The van der Waals surface area contributed by atoms with Gasteiger partial charge in [-0.2, -0.15) is 0 Å². The standard InChI is InChI=1S/C72H47B2N5Se/c1-7-25-48(26-8-1)75(49-27-9-2-10-28-49)54-43-65-70-68(44-54)80-67-47-63-58(45-59(67)74(70)57-39-21-24-42-62(57)77(65)52-33-15-5-16-34-52)73-56-38-20-23-41-61(56)78(53-35-17-6-18-36-53)66-46-64(69-55-37-19-22-40-60(55)79(63)72(69)71(66)73)76(50-29-11-3-12-30-50)51-31-13-4-14-32-51/h1-47H.